The van der Waals surface area contributed by atoms with Crippen molar-refractivity contribution in [2.75, 3.05) is 31.7 Å². The Balaban J connectivity index is 1.70. The highest BCUT2D eigenvalue weighted by atomic mass is 16.5. The van der Waals surface area contributed by atoms with Gasteiger partial charge in [-0.2, -0.15) is 0 Å². The molecule has 0 unspecified atom stereocenters. The molecule has 130 valence electrons. The van der Waals surface area contributed by atoms with Crippen LogP contribution in [0.3, 0.4) is 0 Å². The molecule has 1 aliphatic carbocycles. The molecule has 5 nitrogen and oxygen atoms in total. The molecule has 1 saturated carbocycles. The number of fused-ring (bicyclic) bond motifs is 1. The van der Waals surface area contributed by atoms with Crippen molar-refractivity contribution in [2.45, 2.75) is 44.8 Å². The number of imidazole rings is 1. The SMILES string of the molecule is CO[C@@H]1CCC[C@@]12CCCN(c1nc3ccccc3n1CCO)C2. The highest BCUT2D eigenvalue weighted by molar-refractivity contribution is 5.78. The zero-order valence-electron chi connectivity index (χ0n) is 14.4. The summed E-state index contributed by atoms with van der Waals surface area (Å²) in [5.41, 5.74) is 2.39. The average molecular weight is 329 g/mol. The summed E-state index contributed by atoms with van der Waals surface area (Å²) in [4.78, 5) is 7.32. The Morgan fingerprint density at radius 3 is 2.96 bits per heavy atom. The Bertz CT molecular complexity index is 714. The number of methoxy groups -OCH3 is 1. The fraction of sp³-hybridized carbons (Fsp3) is 0.632. The van der Waals surface area contributed by atoms with Crippen molar-refractivity contribution in [1.29, 1.82) is 0 Å². The summed E-state index contributed by atoms with van der Waals surface area (Å²) < 4.78 is 8.00. The van der Waals surface area contributed by atoms with E-state index in [1.807, 2.05) is 19.2 Å². The maximum absolute atomic E-state index is 9.52. The molecule has 1 N–H and O–H groups in total. The second kappa shape index (κ2) is 6.37. The molecule has 2 fully saturated rings. The highest BCUT2D eigenvalue weighted by Gasteiger charge is 2.46. The molecule has 2 heterocycles. The van der Waals surface area contributed by atoms with Gasteiger partial charge >= 0.3 is 0 Å². The second-order valence-electron chi connectivity index (χ2n) is 7.28. The summed E-state index contributed by atoms with van der Waals surface area (Å²) in [5.74, 6) is 1.01. The van der Waals surface area contributed by atoms with E-state index < -0.39 is 0 Å². The number of para-hydroxylation sites is 2. The van der Waals surface area contributed by atoms with Crippen LogP contribution in [0, 0.1) is 5.41 Å². The lowest BCUT2D eigenvalue weighted by molar-refractivity contribution is 0.00195. The number of benzene rings is 1. The second-order valence-corrected chi connectivity index (χ2v) is 7.28. The first-order valence-corrected chi connectivity index (χ1v) is 9.11. The lowest BCUT2D eigenvalue weighted by atomic mass is 9.76. The van der Waals surface area contributed by atoms with Crippen LogP contribution in [0.2, 0.25) is 0 Å². The molecular weight excluding hydrogens is 302 g/mol. The normalized spacial score (nSPS) is 27.4. The minimum Gasteiger partial charge on any atom is -0.395 e. The molecule has 0 amide bonds. The first-order chi connectivity index (χ1) is 11.8. The molecule has 0 bridgehead atoms. The van der Waals surface area contributed by atoms with Gasteiger partial charge in [0.05, 0.1) is 23.7 Å². The van der Waals surface area contributed by atoms with Crippen molar-refractivity contribution in [3.63, 3.8) is 0 Å². The van der Waals surface area contributed by atoms with E-state index in [1.54, 1.807) is 0 Å². The average Bonchev–Trinajstić information content (AvgIpc) is 3.17. The molecular formula is C19H27N3O2. The van der Waals surface area contributed by atoms with Gasteiger partial charge in [-0.05, 0) is 37.8 Å². The summed E-state index contributed by atoms with van der Waals surface area (Å²) in [6.07, 6.45) is 6.50. The van der Waals surface area contributed by atoms with Crippen molar-refractivity contribution in [3.05, 3.63) is 24.3 Å². The van der Waals surface area contributed by atoms with Crippen LogP contribution in [0.15, 0.2) is 24.3 Å². The Morgan fingerprint density at radius 1 is 1.29 bits per heavy atom. The summed E-state index contributed by atoms with van der Waals surface area (Å²) in [6, 6.07) is 8.21. The number of anilines is 1. The number of ether oxygens (including phenoxy) is 1. The zero-order chi connectivity index (χ0) is 16.6. The van der Waals surface area contributed by atoms with Crippen LogP contribution in [0.5, 0.6) is 0 Å². The number of hydrogen-bond donors (Lipinski definition) is 1. The molecule has 4 rings (SSSR count). The standard InChI is InChI=1S/C19H27N3O2/c1-24-17-8-4-9-19(17)10-5-11-21(14-19)18-20-15-6-2-3-7-16(15)22(18)12-13-23/h2-3,6-7,17,23H,4-5,8-14H2,1H3/t17-,19+/m1/s1. The number of hydrogen-bond acceptors (Lipinski definition) is 4. The number of aliphatic hydroxyl groups is 1. The number of aromatic nitrogens is 2. The minimum absolute atomic E-state index is 0.132. The third-order valence-corrected chi connectivity index (χ3v) is 5.96. The van der Waals surface area contributed by atoms with Gasteiger partial charge < -0.3 is 19.3 Å². The molecule has 1 saturated heterocycles. The molecule has 1 aromatic heterocycles. The van der Waals surface area contributed by atoms with Crippen molar-refractivity contribution in [2.24, 2.45) is 5.41 Å². The Labute approximate surface area is 143 Å². The minimum atomic E-state index is 0.132. The third-order valence-electron chi connectivity index (χ3n) is 5.96. The first-order valence-electron chi connectivity index (χ1n) is 9.11. The predicted octanol–water partition coefficient (Wildman–Crippen LogP) is 2.81. The summed E-state index contributed by atoms with van der Waals surface area (Å²) >= 11 is 0. The smallest absolute Gasteiger partial charge is 0.206 e. The van der Waals surface area contributed by atoms with Crippen LogP contribution >= 0.6 is 0 Å². The van der Waals surface area contributed by atoms with Crippen LogP contribution in [-0.4, -0.2) is 47.6 Å². The lowest BCUT2D eigenvalue weighted by Crippen LogP contribution is -2.48. The third kappa shape index (κ3) is 2.50. The van der Waals surface area contributed by atoms with Gasteiger partial charge in [0.15, 0.2) is 0 Å². The number of rotatable bonds is 4. The fourth-order valence-corrected chi connectivity index (χ4v) is 4.90. The van der Waals surface area contributed by atoms with Crippen LogP contribution in [0.25, 0.3) is 11.0 Å². The molecule has 1 aliphatic heterocycles. The lowest BCUT2D eigenvalue weighted by Gasteiger charge is -2.44. The fourth-order valence-electron chi connectivity index (χ4n) is 4.90. The molecule has 1 aromatic carbocycles. The van der Waals surface area contributed by atoms with Gasteiger partial charge in [0, 0.05) is 32.2 Å². The van der Waals surface area contributed by atoms with Gasteiger partial charge in [-0.3, -0.25) is 0 Å². The molecule has 1 spiro atoms. The maximum atomic E-state index is 9.52. The van der Waals surface area contributed by atoms with Crippen LogP contribution in [-0.2, 0) is 11.3 Å². The Kier molecular flexibility index (Phi) is 4.22. The summed E-state index contributed by atoms with van der Waals surface area (Å²) in [6.45, 7) is 2.77. The molecule has 2 atom stereocenters. The van der Waals surface area contributed by atoms with Gasteiger partial charge in [0.25, 0.3) is 0 Å². The van der Waals surface area contributed by atoms with Gasteiger partial charge in [-0.25, -0.2) is 4.98 Å². The van der Waals surface area contributed by atoms with Crippen molar-refractivity contribution in [3.8, 4) is 0 Å². The first kappa shape index (κ1) is 15.9. The van der Waals surface area contributed by atoms with Crippen molar-refractivity contribution in [1.82, 2.24) is 9.55 Å². The zero-order valence-corrected chi connectivity index (χ0v) is 14.4. The largest absolute Gasteiger partial charge is 0.395 e. The van der Waals surface area contributed by atoms with E-state index in [0.29, 0.717) is 12.6 Å². The number of piperidine rings is 1. The molecule has 2 aromatic rings. The van der Waals surface area contributed by atoms with Crippen LogP contribution in [0.4, 0.5) is 5.95 Å². The topological polar surface area (TPSA) is 50.5 Å². The predicted molar refractivity (Wildman–Crippen MR) is 95.3 cm³/mol. The Morgan fingerprint density at radius 2 is 2.12 bits per heavy atom. The Hall–Kier alpha value is -1.59. The van der Waals surface area contributed by atoms with Gasteiger partial charge in [-0.1, -0.05) is 18.6 Å². The van der Waals surface area contributed by atoms with E-state index in [2.05, 4.69) is 21.6 Å². The van der Waals surface area contributed by atoms with Gasteiger partial charge in [0.1, 0.15) is 0 Å². The summed E-state index contributed by atoms with van der Waals surface area (Å²) in [7, 11) is 1.86. The van der Waals surface area contributed by atoms with Crippen LogP contribution in [0.1, 0.15) is 32.1 Å². The van der Waals surface area contributed by atoms with E-state index in [9.17, 15) is 5.11 Å². The van der Waals surface area contributed by atoms with Crippen LogP contribution < -0.4 is 4.90 Å². The van der Waals surface area contributed by atoms with E-state index in [1.165, 1.54) is 32.1 Å². The van der Waals surface area contributed by atoms with E-state index >= 15 is 0 Å². The van der Waals surface area contributed by atoms with E-state index in [0.717, 1.165) is 30.1 Å². The monoisotopic (exact) mass is 329 g/mol. The molecule has 2 aliphatic rings. The van der Waals surface area contributed by atoms with Crippen molar-refractivity contribution < 1.29 is 9.84 Å². The quantitative estimate of drug-likeness (QED) is 0.937. The highest BCUT2D eigenvalue weighted by Crippen LogP contribution is 2.47. The maximum Gasteiger partial charge on any atom is 0.206 e. The van der Waals surface area contributed by atoms with E-state index in [-0.39, 0.29) is 12.0 Å². The molecule has 24 heavy (non-hydrogen) atoms. The summed E-state index contributed by atoms with van der Waals surface area (Å²) in [5, 5.41) is 9.52. The molecule has 0 radical (unpaired) electrons. The van der Waals surface area contributed by atoms with E-state index in [4.69, 9.17) is 9.72 Å². The van der Waals surface area contributed by atoms with Crippen molar-refractivity contribution >= 4 is 17.0 Å². The molecule has 5 heteroatoms. The van der Waals surface area contributed by atoms with Gasteiger partial charge in [-0.15, -0.1) is 0 Å². The number of nitrogens with zero attached hydrogens (tertiary/aromatic N) is 3. The van der Waals surface area contributed by atoms with Gasteiger partial charge in [0.2, 0.25) is 5.95 Å². The number of aliphatic hydroxyl groups excluding tert-OH is 1.